The summed E-state index contributed by atoms with van der Waals surface area (Å²) >= 11 is -3.65. The molecule has 0 spiro atoms. The van der Waals surface area contributed by atoms with E-state index in [2.05, 4.69) is 4.74 Å². The lowest BCUT2D eigenvalue weighted by Crippen LogP contribution is -2.11. The Bertz CT molecular complexity index is 1210. The number of hydrogen-bond donors (Lipinski definition) is 0. The van der Waals surface area contributed by atoms with Gasteiger partial charge in [0.25, 0.3) is 0 Å². The second-order valence-corrected chi connectivity index (χ2v) is 11.6. The third-order valence-corrected chi connectivity index (χ3v) is 6.96. The first kappa shape index (κ1) is 25.0. The van der Waals surface area contributed by atoms with Crippen molar-refractivity contribution in [3.05, 3.63) is 41.5 Å². The number of ether oxygens (including phenoxy) is 2. The van der Waals surface area contributed by atoms with Crippen LogP contribution in [0.15, 0.2) is 45.0 Å². The van der Waals surface area contributed by atoms with E-state index in [0.717, 1.165) is 25.5 Å². The van der Waals surface area contributed by atoms with E-state index in [1.165, 1.54) is 6.92 Å². The predicted octanol–water partition coefficient (Wildman–Crippen LogP) is 4.87. The second-order valence-electron chi connectivity index (χ2n) is 6.29. The first-order valence-corrected chi connectivity index (χ1v) is 12.7. The van der Waals surface area contributed by atoms with Crippen molar-refractivity contribution in [2.75, 3.05) is 13.4 Å². The zero-order valence-corrected chi connectivity index (χ0v) is 18.3. The van der Waals surface area contributed by atoms with Crippen molar-refractivity contribution in [2.24, 2.45) is 0 Å². The van der Waals surface area contributed by atoms with Crippen LogP contribution in [-0.4, -0.2) is 36.5 Å². The van der Waals surface area contributed by atoms with Crippen LogP contribution in [0.5, 0.6) is 11.5 Å². The first-order valence-electron chi connectivity index (χ1n) is 7.83. The number of carbonyl (C=O) groups is 1. The molecule has 2 aromatic carbocycles. The molecule has 0 radical (unpaired) electrons. The number of carbonyl (C=O) groups excluding carboxylic acids is 1. The van der Waals surface area contributed by atoms with Crippen LogP contribution in [-0.2, 0) is 25.7 Å². The van der Waals surface area contributed by atoms with Crippen LogP contribution in [0.25, 0.3) is 0 Å². The molecule has 1 unspecified atom stereocenters. The van der Waals surface area contributed by atoms with Gasteiger partial charge < -0.3 is 14.0 Å². The van der Waals surface area contributed by atoms with E-state index in [-0.39, 0.29) is 23.3 Å². The number of sulfone groups is 1. The Labute approximate surface area is 176 Å². The van der Waals surface area contributed by atoms with Crippen LogP contribution >= 0.6 is 10.2 Å². The van der Waals surface area contributed by atoms with E-state index >= 15 is 0 Å². The summed E-state index contributed by atoms with van der Waals surface area (Å²) < 4.78 is 122. The van der Waals surface area contributed by atoms with Crippen LogP contribution in [0.4, 0.5) is 19.4 Å². The Morgan fingerprint density at radius 3 is 2.13 bits per heavy atom. The number of methoxy groups -OCH3 is 1. The number of halogens is 5. The first-order chi connectivity index (χ1) is 13.7. The number of esters is 1. The van der Waals surface area contributed by atoms with E-state index in [4.69, 9.17) is 4.74 Å². The Morgan fingerprint density at radius 1 is 1.10 bits per heavy atom. The van der Waals surface area contributed by atoms with Crippen LogP contribution in [0.2, 0.25) is 0 Å². The van der Waals surface area contributed by atoms with Gasteiger partial charge in [0.1, 0.15) is 21.3 Å². The highest BCUT2D eigenvalue weighted by Gasteiger charge is 2.67. The van der Waals surface area contributed by atoms with Crippen molar-refractivity contribution in [2.45, 2.75) is 21.6 Å². The molecule has 0 heterocycles. The Hall–Kier alpha value is -2.23. The molecular weight excluding hydrogens is 495 g/mol. The van der Waals surface area contributed by atoms with Gasteiger partial charge in [-0.25, -0.2) is 13.2 Å². The summed E-state index contributed by atoms with van der Waals surface area (Å²) in [4.78, 5) is 6.74. The maximum Gasteiger partial charge on any atom is 0.338 e. The molecule has 0 aliphatic heterocycles. The lowest BCUT2D eigenvalue weighted by atomic mass is 10.1. The molecule has 2 aromatic rings. The molecule has 0 saturated heterocycles. The van der Waals surface area contributed by atoms with Crippen LogP contribution in [0.1, 0.15) is 15.9 Å². The molecule has 7 nitrogen and oxygen atoms in total. The van der Waals surface area contributed by atoms with Gasteiger partial charge in [-0.3, -0.25) is 4.21 Å². The van der Waals surface area contributed by atoms with Crippen molar-refractivity contribution in [3.63, 3.8) is 0 Å². The highest BCUT2D eigenvalue weighted by Crippen LogP contribution is 3.02. The molecule has 0 aliphatic rings. The summed E-state index contributed by atoms with van der Waals surface area (Å²) in [5.74, 6) is -2.39. The average molecular weight is 509 g/mol. The van der Waals surface area contributed by atoms with Crippen LogP contribution in [0.3, 0.4) is 0 Å². The van der Waals surface area contributed by atoms with Gasteiger partial charge in [-0.15, -0.1) is 0 Å². The predicted molar refractivity (Wildman–Crippen MR) is 101 cm³/mol. The Balaban J connectivity index is 2.74. The maximum atomic E-state index is 13.3. The lowest BCUT2D eigenvalue weighted by molar-refractivity contribution is 0.0599. The highest BCUT2D eigenvalue weighted by molar-refractivity contribution is 8.45. The average Bonchev–Trinajstić information content (AvgIpc) is 2.58. The van der Waals surface area contributed by atoms with Crippen molar-refractivity contribution in [1.82, 2.24) is 0 Å². The van der Waals surface area contributed by atoms with E-state index < -0.39 is 63.3 Å². The number of benzene rings is 2. The van der Waals surface area contributed by atoms with Crippen molar-refractivity contribution < 1.29 is 50.9 Å². The van der Waals surface area contributed by atoms with Gasteiger partial charge in [-0.05, 0) is 47.8 Å². The normalized spacial score (nSPS) is 15.5. The molecule has 174 valence electrons. The topological polar surface area (TPSA) is 110 Å². The van der Waals surface area contributed by atoms with Crippen molar-refractivity contribution in [1.29, 1.82) is 0 Å². The molecule has 2 rings (SSSR count). The summed E-state index contributed by atoms with van der Waals surface area (Å²) in [5.41, 5.74) is -0.0699. The molecule has 0 fully saturated rings. The molecular formula is C16H14F5O7S3-. The molecule has 0 aliphatic carbocycles. The van der Waals surface area contributed by atoms with Crippen LogP contribution < -0.4 is 4.74 Å². The smallest absolute Gasteiger partial charge is 0.338 e. The standard InChI is InChI=1S/C16H15F5O7S3/c1-9-6-12(14(30(3,25)26)8-11(9)16(22)27-2)28-10-4-5-13(29(23)24)15(7-10)31(17,18,19,20)21/h4-8H,1-3H3,(H,23,24)/p-1. The van der Waals surface area contributed by atoms with E-state index in [1.54, 1.807) is 0 Å². The van der Waals surface area contributed by atoms with Gasteiger partial charge in [0, 0.05) is 17.2 Å². The third kappa shape index (κ3) is 5.72. The van der Waals surface area contributed by atoms with E-state index in [9.17, 15) is 41.4 Å². The molecule has 0 saturated carbocycles. The highest BCUT2D eigenvalue weighted by atomic mass is 32.5. The van der Waals surface area contributed by atoms with Gasteiger partial charge in [0.2, 0.25) is 0 Å². The van der Waals surface area contributed by atoms with Gasteiger partial charge in [-0.2, -0.15) is 0 Å². The fraction of sp³-hybridized carbons (Fsp3) is 0.188. The van der Waals surface area contributed by atoms with E-state index in [1.807, 2.05) is 0 Å². The molecule has 0 N–H and O–H groups in total. The largest absolute Gasteiger partial charge is 0.768 e. The van der Waals surface area contributed by atoms with Gasteiger partial charge in [0.15, 0.2) is 9.84 Å². The molecule has 0 amide bonds. The second kappa shape index (κ2) is 7.15. The Kier molecular flexibility index (Phi) is 5.77. The quantitative estimate of drug-likeness (QED) is 0.310. The zero-order chi connectivity index (χ0) is 24.1. The maximum absolute atomic E-state index is 13.3. The minimum atomic E-state index is -10.5. The fourth-order valence-electron chi connectivity index (χ4n) is 2.48. The molecule has 0 aromatic heterocycles. The van der Waals surface area contributed by atoms with Gasteiger partial charge >= 0.3 is 16.2 Å². The summed E-state index contributed by atoms with van der Waals surface area (Å²) in [6.07, 6.45) is 0.718. The summed E-state index contributed by atoms with van der Waals surface area (Å²) in [6, 6.07) is 2.51. The molecule has 15 heteroatoms. The van der Waals surface area contributed by atoms with Gasteiger partial charge in [0.05, 0.1) is 12.7 Å². The minimum absolute atomic E-state index is 0.111. The summed E-state index contributed by atoms with van der Waals surface area (Å²) in [7, 11) is -13.5. The van der Waals surface area contributed by atoms with Crippen LogP contribution in [0, 0.1) is 6.92 Å². The zero-order valence-electron chi connectivity index (χ0n) is 15.9. The van der Waals surface area contributed by atoms with Crippen molar-refractivity contribution in [3.8, 4) is 11.5 Å². The number of rotatable bonds is 6. The summed E-state index contributed by atoms with van der Waals surface area (Å²) in [6.45, 7) is 1.34. The van der Waals surface area contributed by atoms with Gasteiger partial charge in [-0.1, -0.05) is 19.4 Å². The SMILES string of the molecule is COC(=O)c1cc(S(C)(=O)=O)c(Oc2ccc(S(=O)[O-])c(S(F)(F)(F)(F)F)c2)cc1C. The minimum Gasteiger partial charge on any atom is -0.768 e. The number of hydrogen-bond acceptors (Lipinski definition) is 7. The number of aryl methyl sites for hydroxylation is 1. The fourth-order valence-corrected chi connectivity index (χ4v) is 5.14. The van der Waals surface area contributed by atoms with E-state index in [0.29, 0.717) is 6.07 Å². The van der Waals surface area contributed by atoms with Crippen molar-refractivity contribution >= 4 is 37.1 Å². The molecule has 1 atom stereocenters. The summed E-state index contributed by atoms with van der Waals surface area (Å²) in [5, 5.41) is 0. The lowest BCUT2D eigenvalue weighted by Gasteiger charge is -2.42. The monoisotopic (exact) mass is 509 g/mol. The molecule has 31 heavy (non-hydrogen) atoms. The molecule has 0 bridgehead atoms. The third-order valence-electron chi connectivity index (χ3n) is 3.83. The Morgan fingerprint density at radius 2 is 1.68 bits per heavy atom.